The Bertz CT molecular complexity index is 1240. The molecule has 0 aliphatic carbocycles. The van der Waals surface area contributed by atoms with E-state index >= 15 is 0 Å². The molecule has 0 unspecified atom stereocenters. The molecule has 0 fully saturated rings. The second kappa shape index (κ2) is 9.80. The smallest absolute Gasteiger partial charge is 0.245 e. The zero-order chi connectivity index (χ0) is 22.3. The number of thioether (sulfide) groups is 1. The molecule has 0 aliphatic rings. The number of hydrogen-bond acceptors (Lipinski definition) is 7. The van der Waals surface area contributed by atoms with Crippen molar-refractivity contribution < 1.29 is 4.79 Å². The first-order chi connectivity index (χ1) is 15.7. The fourth-order valence-corrected chi connectivity index (χ4v) is 4.02. The summed E-state index contributed by atoms with van der Waals surface area (Å²) in [4.78, 5) is 12.8. The number of carbonyl (C=O) groups excluding carboxylic acids is 1. The fraction of sp³-hybridized carbons (Fsp3) is 0.136. The van der Waals surface area contributed by atoms with Crippen LogP contribution in [0.5, 0.6) is 0 Å². The molecule has 160 valence electrons. The Kier molecular flexibility index (Phi) is 6.48. The van der Waals surface area contributed by atoms with E-state index in [1.54, 1.807) is 4.57 Å². The highest BCUT2D eigenvalue weighted by Gasteiger charge is 2.18. The maximum atomic E-state index is 12.8. The number of aryl methyl sites for hydroxylation is 1. The summed E-state index contributed by atoms with van der Waals surface area (Å²) in [6.07, 6.45) is 2.27. The van der Waals surface area contributed by atoms with E-state index in [0.29, 0.717) is 11.0 Å². The van der Waals surface area contributed by atoms with Crippen LogP contribution in [-0.4, -0.2) is 36.2 Å². The Morgan fingerprint density at radius 1 is 1.09 bits per heavy atom. The number of nitrogens with one attached hydrogen (secondary N) is 1. The minimum absolute atomic E-state index is 0.0860. The third-order valence-electron chi connectivity index (χ3n) is 4.66. The van der Waals surface area contributed by atoms with Gasteiger partial charge in [-0.3, -0.25) is 9.36 Å². The standard InChI is InChI=1S/C22H20N8OS/c23-13-17-14-25-30(18-9-5-2-6-10-18)20(17)26-19(31)15-29-21(24)27-28-22(29)32-12-11-16-7-3-1-4-8-16/h1-10,14H,11-12,15H2,(H2,24,27)(H,26,31). The molecule has 1 amide bonds. The topological polar surface area (TPSA) is 127 Å². The van der Waals surface area contributed by atoms with Crippen molar-refractivity contribution in [3.63, 3.8) is 0 Å². The van der Waals surface area contributed by atoms with Crippen molar-refractivity contribution in [2.45, 2.75) is 18.1 Å². The van der Waals surface area contributed by atoms with Crippen molar-refractivity contribution in [3.05, 3.63) is 78.0 Å². The Hall–Kier alpha value is -4.10. The van der Waals surface area contributed by atoms with E-state index in [9.17, 15) is 10.1 Å². The zero-order valence-electron chi connectivity index (χ0n) is 17.0. The summed E-state index contributed by atoms with van der Waals surface area (Å²) in [7, 11) is 0. The Morgan fingerprint density at radius 2 is 1.81 bits per heavy atom. The Balaban J connectivity index is 1.46. The largest absolute Gasteiger partial charge is 0.368 e. The van der Waals surface area contributed by atoms with Gasteiger partial charge < -0.3 is 11.1 Å². The number of nitrogens with zero attached hydrogens (tertiary/aromatic N) is 6. The number of nitriles is 1. The summed E-state index contributed by atoms with van der Waals surface area (Å²) < 4.78 is 3.07. The van der Waals surface area contributed by atoms with E-state index in [0.717, 1.165) is 17.9 Å². The van der Waals surface area contributed by atoms with Gasteiger partial charge in [0.05, 0.1) is 11.9 Å². The molecular formula is C22H20N8OS. The van der Waals surface area contributed by atoms with Gasteiger partial charge in [0.25, 0.3) is 0 Å². The van der Waals surface area contributed by atoms with E-state index in [1.807, 2.05) is 48.5 Å². The van der Waals surface area contributed by atoms with Crippen LogP contribution in [0.25, 0.3) is 5.69 Å². The van der Waals surface area contributed by atoms with Crippen molar-refractivity contribution in [2.24, 2.45) is 0 Å². The van der Waals surface area contributed by atoms with Gasteiger partial charge in [0.1, 0.15) is 18.2 Å². The van der Waals surface area contributed by atoms with Gasteiger partial charge >= 0.3 is 0 Å². The van der Waals surface area contributed by atoms with Crippen molar-refractivity contribution in [2.75, 3.05) is 16.8 Å². The predicted molar refractivity (Wildman–Crippen MR) is 122 cm³/mol. The number of nitrogens with two attached hydrogens (primary N) is 1. The number of aromatic nitrogens is 5. The molecule has 9 nitrogen and oxygen atoms in total. The van der Waals surface area contributed by atoms with Crippen LogP contribution < -0.4 is 11.1 Å². The lowest BCUT2D eigenvalue weighted by molar-refractivity contribution is -0.116. The number of benzene rings is 2. The lowest BCUT2D eigenvalue weighted by atomic mass is 10.2. The minimum atomic E-state index is -0.365. The lowest BCUT2D eigenvalue weighted by Crippen LogP contribution is -2.22. The molecule has 0 radical (unpaired) electrons. The molecule has 10 heteroatoms. The molecule has 2 aromatic heterocycles. The van der Waals surface area contributed by atoms with Crippen LogP contribution in [0.2, 0.25) is 0 Å². The van der Waals surface area contributed by atoms with Crippen LogP contribution in [0, 0.1) is 11.3 Å². The van der Waals surface area contributed by atoms with Gasteiger partial charge in [0, 0.05) is 5.75 Å². The quantitative estimate of drug-likeness (QED) is 0.400. The highest BCUT2D eigenvalue weighted by molar-refractivity contribution is 7.99. The average Bonchev–Trinajstić information content (AvgIpc) is 3.38. The first-order valence-electron chi connectivity index (χ1n) is 9.84. The summed E-state index contributed by atoms with van der Waals surface area (Å²) in [5, 5.41) is 25.0. The predicted octanol–water partition coefficient (Wildman–Crippen LogP) is 2.89. The monoisotopic (exact) mass is 444 g/mol. The van der Waals surface area contributed by atoms with Crippen molar-refractivity contribution in [3.8, 4) is 11.8 Å². The maximum Gasteiger partial charge on any atom is 0.245 e. The number of rotatable bonds is 8. The van der Waals surface area contributed by atoms with Crippen LogP contribution in [0.4, 0.5) is 11.8 Å². The molecule has 2 heterocycles. The van der Waals surface area contributed by atoms with E-state index in [1.165, 1.54) is 28.2 Å². The van der Waals surface area contributed by atoms with Gasteiger partial charge in [-0.15, -0.1) is 10.2 Å². The highest BCUT2D eigenvalue weighted by atomic mass is 32.2. The van der Waals surface area contributed by atoms with Crippen molar-refractivity contribution in [1.29, 1.82) is 5.26 Å². The van der Waals surface area contributed by atoms with E-state index in [2.05, 4.69) is 38.8 Å². The number of hydrogen-bond donors (Lipinski definition) is 2. The summed E-state index contributed by atoms with van der Waals surface area (Å²) >= 11 is 1.48. The Morgan fingerprint density at radius 3 is 2.53 bits per heavy atom. The number of amides is 1. The third kappa shape index (κ3) is 4.79. The average molecular weight is 445 g/mol. The zero-order valence-corrected chi connectivity index (χ0v) is 17.9. The minimum Gasteiger partial charge on any atom is -0.368 e. The lowest BCUT2D eigenvalue weighted by Gasteiger charge is -2.11. The highest BCUT2D eigenvalue weighted by Crippen LogP contribution is 2.22. The van der Waals surface area contributed by atoms with Crippen LogP contribution >= 0.6 is 11.8 Å². The first-order valence-corrected chi connectivity index (χ1v) is 10.8. The Labute approximate surface area is 188 Å². The SMILES string of the molecule is N#Cc1cnn(-c2ccccc2)c1NC(=O)Cn1c(N)nnc1SCCc1ccccc1. The molecule has 0 saturated heterocycles. The van der Waals surface area contributed by atoms with Crippen LogP contribution in [0.3, 0.4) is 0 Å². The van der Waals surface area contributed by atoms with Crippen molar-refractivity contribution >= 4 is 29.4 Å². The van der Waals surface area contributed by atoms with Gasteiger partial charge in [-0.2, -0.15) is 10.4 Å². The van der Waals surface area contributed by atoms with Gasteiger partial charge in [-0.25, -0.2) is 4.68 Å². The summed E-state index contributed by atoms with van der Waals surface area (Å²) in [6.45, 7) is -0.0860. The van der Waals surface area contributed by atoms with Crippen LogP contribution in [-0.2, 0) is 17.8 Å². The first kappa shape index (κ1) is 21.1. The molecule has 0 saturated carbocycles. The summed E-state index contributed by atoms with van der Waals surface area (Å²) in [5.41, 5.74) is 8.15. The maximum absolute atomic E-state index is 12.8. The molecule has 0 atom stereocenters. The molecule has 32 heavy (non-hydrogen) atoms. The summed E-state index contributed by atoms with van der Waals surface area (Å²) in [5.74, 6) is 0.854. The van der Waals surface area contributed by atoms with E-state index in [4.69, 9.17) is 5.73 Å². The van der Waals surface area contributed by atoms with Gasteiger partial charge in [-0.1, -0.05) is 60.3 Å². The van der Waals surface area contributed by atoms with Crippen LogP contribution in [0.15, 0.2) is 72.0 Å². The molecule has 2 aromatic carbocycles. The molecule has 0 bridgehead atoms. The molecule has 4 aromatic rings. The second-order valence-electron chi connectivity index (χ2n) is 6.83. The van der Waals surface area contributed by atoms with Crippen molar-refractivity contribution in [1.82, 2.24) is 24.5 Å². The van der Waals surface area contributed by atoms with Gasteiger partial charge in [-0.05, 0) is 24.1 Å². The number of anilines is 2. The molecule has 4 rings (SSSR count). The number of para-hydroxylation sites is 1. The van der Waals surface area contributed by atoms with Gasteiger partial charge in [0.2, 0.25) is 11.9 Å². The van der Waals surface area contributed by atoms with E-state index < -0.39 is 0 Å². The molecular weight excluding hydrogens is 424 g/mol. The summed E-state index contributed by atoms with van der Waals surface area (Å²) in [6, 6.07) is 21.4. The fourth-order valence-electron chi connectivity index (χ4n) is 3.09. The second-order valence-corrected chi connectivity index (χ2v) is 7.89. The normalized spacial score (nSPS) is 10.6. The number of carbonyl (C=O) groups is 1. The number of nitrogen functional groups attached to an aromatic ring is 1. The van der Waals surface area contributed by atoms with E-state index in [-0.39, 0.29) is 24.0 Å². The molecule has 3 N–H and O–H groups in total. The molecule has 0 aliphatic heterocycles. The third-order valence-corrected chi connectivity index (χ3v) is 5.63. The molecule has 0 spiro atoms. The van der Waals surface area contributed by atoms with Gasteiger partial charge in [0.15, 0.2) is 11.0 Å². The van der Waals surface area contributed by atoms with Crippen LogP contribution in [0.1, 0.15) is 11.1 Å².